The summed E-state index contributed by atoms with van der Waals surface area (Å²) in [6, 6.07) is 14.0. The van der Waals surface area contributed by atoms with Gasteiger partial charge in [0, 0.05) is 22.4 Å². The van der Waals surface area contributed by atoms with Crippen molar-refractivity contribution in [2.75, 3.05) is 16.8 Å². The van der Waals surface area contributed by atoms with Crippen LogP contribution >= 0.6 is 27.5 Å². The monoisotopic (exact) mass is 444 g/mol. The Hall–Kier alpha value is -2.57. The molecule has 1 aromatic heterocycles. The molecule has 0 unspecified atom stereocenters. The van der Waals surface area contributed by atoms with E-state index in [9.17, 15) is 9.59 Å². The van der Waals surface area contributed by atoms with Gasteiger partial charge in [-0.3, -0.25) is 9.59 Å². The number of fused-ring (bicyclic) bond motifs is 1. The third kappa shape index (κ3) is 3.50. The largest absolute Gasteiger partial charge is 0.459 e. The van der Waals surface area contributed by atoms with Crippen molar-refractivity contribution in [2.45, 2.75) is 6.42 Å². The molecule has 0 spiro atoms. The van der Waals surface area contributed by atoms with Crippen LogP contribution in [0.1, 0.15) is 26.5 Å². The molecule has 2 amide bonds. The first-order chi connectivity index (χ1) is 13.0. The highest BCUT2D eigenvalue weighted by molar-refractivity contribution is 9.10. The number of hydrogen-bond acceptors (Lipinski definition) is 3. The zero-order chi connectivity index (χ0) is 19.0. The molecule has 27 heavy (non-hydrogen) atoms. The first kappa shape index (κ1) is 17.8. The van der Waals surface area contributed by atoms with E-state index in [1.165, 1.54) is 6.26 Å². The molecule has 1 aliphatic heterocycles. The Balaban J connectivity index is 1.59. The fourth-order valence-electron chi connectivity index (χ4n) is 3.07. The van der Waals surface area contributed by atoms with Crippen LogP contribution in [0.15, 0.2) is 63.7 Å². The lowest BCUT2D eigenvalue weighted by Crippen LogP contribution is -2.28. The van der Waals surface area contributed by atoms with Crippen molar-refractivity contribution in [3.63, 3.8) is 0 Å². The highest BCUT2D eigenvalue weighted by atomic mass is 79.9. The summed E-state index contributed by atoms with van der Waals surface area (Å²) in [5, 5.41) is 3.21. The number of rotatable bonds is 3. The summed E-state index contributed by atoms with van der Waals surface area (Å²) in [5.41, 5.74) is 2.78. The molecule has 0 saturated heterocycles. The van der Waals surface area contributed by atoms with Crippen LogP contribution in [0, 0.1) is 0 Å². The number of carbonyl (C=O) groups excluding carboxylic acids is 2. The Kier molecular flexibility index (Phi) is 4.76. The van der Waals surface area contributed by atoms with Gasteiger partial charge in [0.1, 0.15) is 0 Å². The second-order valence-corrected chi connectivity index (χ2v) is 7.43. The van der Waals surface area contributed by atoms with Gasteiger partial charge < -0.3 is 14.6 Å². The standard InChI is InChI=1S/C20H14BrClN2O3/c21-13-4-6-16(22)15(10-13)19(25)23-14-5-3-12-7-8-24(17(12)11-14)20(26)18-2-1-9-27-18/h1-6,9-11H,7-8H2,(H,23,25). The quantitative estimate of drug-likeness (QED) is 0.606. The number of nitrogens with zero attached hydrogens (tertiary/aromatic N) is 1. The second kappa shape index (κ2) is 7.21. The number of halogens is 2. The number of anilines is 2. The van der Waals surface area contributed by atoms with Crippen molar-refractivity contribution in [2.24, 2.45) is 0 Å². The van der Waals surface area contributed by atoms with Crippen molar-refractivity contribution in [1.82, 2.24) is 0 Å². The van der Waals surface area contributed by atoms with Crippen LogP contribution in [-0.4, -0.2) is 18.4 Å². The zero-order valence-corrected chi connectivity index (χ0v) is 16.4. The van der Waals surface area contributed by atoms with Gasteiger partial charge in [0.05, 0.1) is 16.8 Å². The van der Waals surface area contributed by atoms with Crippen molar-refractivity contribution in [1.29, 1.82) is 0 Å². The van der Waals surface area contributed by atoms with E-state index in [4.69, 9.17) is 16.0 Å². The molecule has 7 heteroatoms. The smallest absolute Gasteiger partial charge is 0.293 e. The number of hydrogen-bond donors (Lipinski definition) is 1. The van der Waals surface area contributed by atoms with Crippen molar-refractivity contribution in [3.8, 4) is 0 Å². The van der Waals surface area contributed by atoms with Gasteiger partial charge in [-0.1, -0.05) is 33.6 Å². The van der Waals surface area contributed by atoms with Gasteiger partial charge in [0.15, 0.2) is 5.76 Å². The van der Waals surface area contributed by atoms with Crippen LogP contribution in [-0.2, 0) is 6.42 Å². The molecule has 1 aliphatic rings. The average molecular weight is 446 g/mol. The molecule has 4 rings (SSSR count). The van der Waals surface area contributed by atoms with E-state index in [0.717, 1.165) is 22.1 Å². The van der Waals surface area contributed by atoms with Crippen LogP contribution in [0.3, 0.4) is 0 Å². The maximum Gasteiger partial charge on any atom is 0.293 e. The minimum Gasteiger partial charge on any atom is -0.459 e. The number of carbonyl (C=O) groups is 2. The van der Waals surface area contributed by atoms with E-state index in [0.29, 0.717) is 28.6 Å². The van der Waals surface area contributed by atoms with Crippen molar-refractivity contribution < 1.29 is 14.0 Å². The summed E-state index contributed by atoms with van der Waals surface area (Å²) in [6.07, 6.45) is 2.23. The molecule has 1 N–H and O–H groups in total. The fourth-order valence-corrected chi connectivity index (χ4v) is 3.64. The lowest BCUT2D eigenvalue weighted by Gasteiger charge is -2.17. The number of furan rings is 1. The van der Waals surface area contributed by atoms with Gasteiger partial charge in [-0.2, -0.15) is 0 Å². The molecule has 3 aromatic rings. The first-order valence-electron chi connectivity index (χ1n) is 8.27. The van der Waals surface area contributed by atoms with Gasteiger partial charge >= 0.3 is 0 Å². The van der Waals surface area contributed by atoms with Crippen LogP contribution in [0.2, 0.25) is 5.02 Å². The first-order valence-corrected chi connectivity index (χ1v) is 9.45. The van der Waals surface area contributed by atoms with Gasteiger partial charge in [-0.25, -0.2) is 0 Å². The van der Waals surface area contributed by atoms with Crippen LogP contribution in [0.5, 0.6) is 0 Å². The highest BCUT2D eigenvalue weighted by Crippen LogP contribution is 2.32. The van der Waals surface area contributed by atoms with E-state index >= 15 is 0 Å². The Bertz CT molecular complexity index is 1030. The van der Waals surface area contributed by atoms with Gasteiger partial charge in [-0.05, 0) is 54.4 Å². The minimum atomic E-state index is -0.317. The second-order valence-electron chi connectivity index (χ2n) is 6.11. The van der Waals surface area contributed by atoms with Crippen LogP contribution in [0.25, 0.3) is 0 Å². The summed E-state index contributed by atoms with van der Waals surface area (Å²) in [5.74, 6) is -0.223. The summed E-state index contributed by atoms with van der Waals surface area (Å²) in [4.78, 5) is 26.9. The minimum absolute atomic E-state index is 0.197. The van der Waals surface area contributed by atoms with Crippen LogP contribution in [0.4, 0.5) is 11.4 Å². The predicted molar refractivity (Wildman–Crippen MR) is 108 cm³/mol. The molecular weight excluding hydrogens is 432 g/mol. The molecule has 5 nitrogen and oxygen atoms in total. The van der Waals surface area contributed by atoms with Crippen molar-refractivity contribution >= 4 is 50.7 Å². The molecule has 136 valence electrons. The lowest BCUT2D eigenvalue weighted by atomic mass is 10.1. The normalized spacial score (nSPS) is 12.7. The summed E-state index contributed by atoms with van der Waals surface area (Å²) < 4.78 is 5.98. The summed E-state index contributed by atoms with van der Waals surface area (Å²) >= 11 is 9.47. The molecular formula is C20H14BrClN2O3. The molecule has 0 aliphatic carbocycles. The van der Waals surface area contributed by atoms with E-state index < -0.39 is 0 Å². The topological polar surface area (TPSA) is 62.6 Å². The van der Waals surface area contributed by atoms with E-state index in [1.807, 2.05) is 12.1 Å². The molecule has 0 bridgehead atoms. The molecule has 0 fully saturated rings. The lowest BCUT2D eigenvalue weighted by molar-refractivity contribution is 0.0962. The Morgan fingerprint density at radius 1 is 1.15 bits per heavy atom. The van der Waals surface area contributed by atoms with Crippen molar-refractivity contribution in [3.05, 3.63) is 81.2 Å². The molecule has 2 heterocycles. The van der Waals surface area contributed by atoms with Gasteiger partial charge in [-0.15, -0.1) is 0 Å². The predicted octanol–water partition coefficient (Wildman–Crippen LogP) is 5.15. The Labute approximate surface area is 169 Å². The van der Waals surface area contributed by atoms with E-state index in [2.05, 4.69) is 21.2 Å². The maximum atomic E-state index is 12.6. The van der Waals surface area contributed by atoms with Gasteiger partial charge in [0.25, 0.3) is 11.8 Å². The number of benzene rings is 2. The third-order valence-electron chi connectivity index (χ3n) is 4.39. The number of nitrogens with one attached hydrogen (secondary N) is 1. The highest BCUT2D eigenvalue weighted by Gasteiger charge is 2.27. The summed E-state index contributed by atoms with van der Waals surface area (Å²) in [7, 11) is 0. The average Bonchev–Trinajstić information content (AvgIpc) is 3.32. The number of amides is 2. The third-order valence-corrected chi connectivity index (χ3v) is 5.21. The van der Waals surface area contributed by atoms with E-state index in [-0.39, 0.29) is 11.8 Å². The molecule has 0 radical (unpaired) electrons. The molecule has 0 saturated carbocycles. The zero-order valence-electron chi connectivity index (χ0n) is 14.0. The Morgan fingerprint density at radius 3 is 2.78 bits per heavy atom. The molecule has 2 aromatic carbocycles. The van der Waals surface area contributed by atoms with E-state index in [1.54, 1.807) is 41.3 Å². The fraction of sp³-hybridized carbons (Fsp3) is 0.100. The van der Waals surface area contributed by atoms with Gasteiger partial charge in [0.2, 0.25) is 0 Å². The molecule has 0 atom stereocenters. The SMILES string of the molecule is O=C(Nc1ccc2c(c1)N(C(=O)c1ccco1)CC2)c1cc(Br)ccc1Cl. The Morgan fingerprint density at radius 2 is 2.00 bits per heavy atom. The maximum absolute atomic E-state index is 12.6. The van der Waals surface area contributed by atoms with Crippen LogP contribution < -0.4 is 10.2 Å². The summed E-state index contributed by atoms with van der Waals surface area (Å²) in [6.45, 7) is 0.573.